The molecule has 7 atom stereocenters. The summed E-state index contributed by atoms with van der Waals surface area (Å²) in [5, 5.41) is 10.5. The number of rotatable bonds is 0. The summed E-state index contributed by atoms with van der Waals surface area (Å²) in [7, 11) is 0. The van der Waals surface area contributed by atoms with Gasteiger partial charge in [-0.15, -0.1) is 0 Å². The number of fused-ring (bicyclic) bond motifs is 4. The van der Waals surface area contributed by atoms with Gasteiger partial charge in [0.25, 0.3) is 0 Å². The predicted molar refractivity (Wildman–Crippen MR) is 90.5 cm³/mol. The fourth-order valence-corrected chi connectivity index (χ4v) is 4.84. The first-order chi connectivity index (χ1) is 11.2. The third-order valence-electron chi connectivity index (χ3n) is 5.98. The van der Waals surface area contributed by atoms with Gasteiger partial charge in [-0.25, -0.2) is 0 Å². The normalized spacial score (nSPS) is 49.2. The van der Waals surface area contributed by atoms with Crippen LogP contribution in [0.3, 0.4) is 0 Å². The van der Waals surface area contributed by atoms with Crippen molar-refractivity contribution in [1.29, 1.82) is 0 Å². The van der Waals surface area contributed by atoms with Crippen LogP contribution < -0.4 is 0 Å². The van der Waals surface area contributed by atoms with Crippen LogP contribution in [0.25, 0.3) is 0 Å². The van der Waals surface area contributed by atoms with Gasteiger partial charge in [0.05, 0.1) is 18.1 Å². The maximum absolute atomic E-state index is 12.8. The van der Waals surface area contributed by atoms with Gasteiger partial charge in [0.1, 0.15) is 0 Å². The van der Waals surface area contributed by atoms with Crippen molar-refractivity contribution in [2.24, 2.45) is 23.7 Å². The van der Waals surface area contributed by atoms with Crippen LogP contribution in [0.5, 0.6) is 0 Å². The molecule has 2 saturated heterocycles. The summed E-state index contributed by atoms with van der Waals surface area (Å²) in [5.74, 6) is 1.07. The summed E-state index contributed by atoms with van der Waals surface area (Å²) in [6.07, 6.45) is 20.1. The monoisotopic (exact) mass is 311 g/mol. The van der Waals surface area contributed by atoms with Crippen molar-refractivity contribution in [2.75, 3.05) is 0 Å². The van der Waals surface area contributed by atoms with Crippen LogP contribution in [0.15, 0.2) is 48.6 Å². The molecular formula is C20H25NO2. The first-order valence-corrected chi connectivity index (χ1v) is 8.87. The molecule has 3 heteroatoms. The molecule has 3 nitrogen and oxygen atoms in total. The molecule has 2 aliphatic carbocycles. The molecule has 1 amide bonds. The van der Waals surface area contributed by atoms with E-state index in [-0.39, 0.29) is 29.8 Å². The minimum absolute atomic E-state index is 0.0576. The number of hydrogen-bond donors (Lipinski definition) is 1. The van der Waals surface area contributed by atoms with Gasteiger partial charge in [-0.3, -0.25) is 4.79 Å². The molecule has 4 aliphatic rings. The summed E-state index contributed by atoms with van der Waals surface area (Å²) in [4.78, 5) is 14.7. The van der Waals surface area contributed by atoms with E-state index in [1.54, 1.807) is 0 Å². The number of carbonyl (C=O) groups excluding carboxylic acids is 1. The van der Waals surface area contributed by atoms with Crippen molar-refractivity contribution in [1.82, 2.24) is 4.90 Å². The van der Waals surface area contributed by atoms with E-state index in [4.69, 9.17) is 0 Å². The number of amides is 1. The molecule has 0 spiro atoms. The Balaban J connectivity index is 1.71. The topological polar surface area (TPSA) is 40.5 Å². The summed E-state index contributed by atoms with van der Waals surface area (Å²) in [6.45, 7) is 2.05. The molecule has 4 rings (SSSR count). The van der Waals surface area contributed by atoms with Gasteiger partial charge < -0.3 is 10.0 Å². The Labute approximate surface area is 138 Å². The highest BCUT2D eigenvalue weighted by Gasteiger charge is 2.54. The van der Waals surface area contributed by atoms with Gasteiger partial charge in [0, 0.05) is 17.9 Å². The largest absolute Gasteiger partial charge is 0.391 e. The molecule has 0 aromatic carbocycles. The zero-order chi connectivity index (χ0) is 16.0. The van der Waals surface area contributed by atoms with Crippen LogP contribution >= 0.6 is 0 Å². The maximum Gasteiger partial charge on any atom is 0.230 e. The Hall–Kier alpha value is -1.61. The zero-order valence-electron chi connectivity index (χ0n) is 13.6. The third kappa shape index (κ3) is 2.42. The highest BCUT2D eigenvalue weighted by molar-refractivity contribution is 5.85. The van der Waals surface area contributed by atoms with Crippen LogP contribution in [0.4, 0.5) is 0 Å². The SMILES string of the molecule is C[C@@H]1C[C@H](O)[C@H]2[C@@H]3/C=C/[C@H]4C=CCC[C@@H]4/C=C/C=C\[C@@H]3C(=O)N21. The quantitative estimate of drug-likeness (QED) is 0.699. The summed E-state index contributed by atoms with van der Waals surface area (Å²) in [6, 6.07) is 0.0811. The second-order valence-electron chi connectivity index (χ2n) is 7.39. The van der Waals surface area contributed by atoms with E-state index >= 15 is 0 Å². The minimum atomic E-state index is -0.404. The summed E-state index contributed by atoms with van der Waals surface area (Å²) in [5.41, 5.74) is 0. The first kappa shape index (κ1) is 14.9. The molecule has 0 aromatic rings. The van der Waals surface area contributed by atoms with Gasteiger partial charge in [0.15, 0.2) is 0 Å². The van der Waals surface area contributed by atoms with Crippen LogP contribution in [0.1, 0.15) is 26.2 Å². The fourth-order valence-electron chi connectivity index (χ4n) is 4.84. The zero-order valence-corrected chi connectivity index (χ0v) is 13.6. The lowest BCUT2D eigenvalue weighted by molar-refractivity contribution is -0.131. The molecule has 0 unspecified atom stereocenters. The Kier molecular flexibility index (Phi) is 3.76. The van der Waals surface area contributed by atoms with Gasteiger partial charge in [-0.1, -0.05) is 48.6 Å². The van der Waals surface area contributed by atoms with E-state index < -0.39 is 6.10 Å². The van der Waals surface area contributed by atoms with Crippen LogP contribution in [0.2, 0.25) is 0 Å². The maximum atomic E-state index is 12.8. The Morgan fingerprint density at radius 2 is 1.96 bits per heavy atom. The lowest BCUT2D eigenvalue weighted by Crippen LogP contribution is -2.37. The second kappa shape index (κ2) is 5.79. The van der Waals surface area contributed by atoms with E-state index in [9.17, 15) is 9.90 Å². The lowest BCUT2D eigenvalue weighted by Gasteiger charge is -2.25. The van der Waals surface area contributed by atoms with Crippen molar-refractivity contribution >= 4 is 5.91 Å². The third-order valence-corrected chi connectivity index (χ3v) is 5.98. The molecule has 2 aliphatic heterocycles. The van der Waals surface area contributed by atoms with Crippen LogP contribution in [0, 0.1) is 23.7 Å². The standard InChI is InChI=1S/C20H25NO2/c1-13-12-18(22)19-16-11-10-15-8-3-2-6-14(15)7-4-5-9-17(16)20(23)21(13)19/h3-5,7-11,13-19,22H,2,6,12H2,1H3/b7-4+,9-5-,11-10+/t13-,14-,15-,16-,17+,18+,19-/m1/s1. The lowest BCUT2D eigenvalue weighted by atomic mass is 9.80. The average molecular weight is 311 g/mol. The molecule has 0 saturated carbocycles. The van der Waals surface area contributed by atoms with Crippen molar-refractivity contribution in [3.63, 3.8) is 0 Å². The highest BCUT2D eigenvalue weighted by Crippen LogP contribution is 2.43. The van der Waals surface area contributed by atoms with Crippen molar-refractivity contribution in [3.05, 3.63) is 48.6 Å². The molecule has 23 heavy (non-hydrogen) atoms. The molecule has 1 N–H and O–H groups in total. The van der Waals surface area contributed by atoms with E-state index in [1.807, 2.05) is 24.0 Å². The molecule has 0 aromatic heterocycles. The highest BCUT2D eigenvalue weighted by atomic mass is 16.3. The van der Waals surface area contributed by atoms with Gasteiger partial charge >= 0.3 is 0 Å². The molecule has 0 radical (unpaired) electrons. The fraction of sp³-hybridized carbons (Fsp3) is 0.550. The van der Waals surface area contributed by atoms with Crippen LogP contribution in [-0.2, 0) is 4.79 Å². The number of aliphatic hydroxyl groups excluding tert-OH is 1. The van der Waals surface area contributed by atoms with Gasteiger partial charge in [-0.05, 0) is 32.1 Å². The van der Waals surface area contributed by atoms with Crippen molar-refractivity contribution in [2.45, 2.75) is 44.4 Å². The molecule has 2 heterocycles. The molecular weight excluding hydrogens is 286 g/mol. The summed E-state index contributed by atoms with van der Waals surface area (Å²) >= 11 is 0. The first-order valence-electron chi connectivity index (χ1n) is 8.87. The van der Waals surface area contributed by atoms with Crippen molar-refractivity contribution < 1.29 is 9.90 Å². The minimum Gasteiger partial charge on any atom is -0.391 e. The number of nitrogens with zero attached hydrogens (tertiary/aromatic N) is 1. The van der Waals surface area contributed by atoms with E-state index in [1.165, 1.54) is 6.42 Å². The molecule has 122 valence electrons. The number of aliphatic hydroxyl groups is 1. The number of carbonyl (C=O) groups is 1. The van der Waals surface area contributed by atoms with Gasteiger partial charge in [-0.2, -0.15) is 0 Å². The van der Waals surface area contributed by atoms with Crippen LogP contribution in [-0.4, -0.2) is 34.1 Å². The smallest absolute Gasteiger partial charge is 0.230 e. The van der Waals surface area contributed by atoms with Crippen molar-refractivity contribution in [3.8, 4) is 0 Å². The second-order valence-corrected chi connectivity index (χ2v) is 7.39. The van der Waals surface area contributed by atoms with E-state index in [2.05, 4.69) is 36.5 Å². The number of hydrogen-bond acceptors (Lipinski definition) is 2. The average Bonchev–Trinajstić information content (AvgIpc) is 3.00. The molecule has 0 bridgehead atoms. The van der Waals surface area contributed by atoms with Gasteiger partial charge in [0.2, 0.25) is 5.91 Å². The Morgan fingerprint density at radius 3 is 2.83 bits per heavy atom. The van der Waals surface area contributed by atoms with E-state index in [0.717, 1.165) is 6.42 Å². The Morgan fingerprint density at radius 1 is 1.13 bits per heavy atom. The summed E-state index contributed by atoms with van der Waals surface area (Å²) < 4.78 is 0. The Bertz CT molecular complexity index is 603. The number of allylic oxidation sites excluding steroid dienone is 6. The molecule has 2 fully saturated rings. The predicted octanol–water partition coefficient (Wildman–Crippen LogP) is 2.85. The van der Waals surface area contributed by atoms with E-state index in [0.29, 0.717) is 18.3 Å².